The summed E-state index contributed by atoms with van der Waals surface area (Å²) in [6, 6.07) is 0. The van der Waals surface area contributed by atoms with Crippen LogP contribution in [0.1, 0.15) is 58.8 Å². The summed E-state index contributed by atoms with van der Waals surface area (Å²) in [7, 11) is 1.82. The Morgan fingerprint density at radius 3 is 2.06 bits per heavy atom. The summed E-state index contributed by atoms with van der Waals surface area (Å²) >= 11 is 0. The van der Waals surface area contributed by atoms with E-state index in [1.54, 1.807) is 0 Å². The number of hydrogen-bond donors (Lipinski definition) is 0. The molecule has 2 rings (SSSR count). The molecule has 2 aliphatic rings. The Morgan fingerprint density at radius 1 is 0.889 bits per heavy atom. The highest BCUT2D eigenvalue weighted by Gasteiger charge is 2.54. The Morgan fingerprint density at radius 2 is 1.56 bits per heavy atom. The lowest BCUT2D eigenvalue weighted by Gasteiger charge is -2.44. The van der Waals surface area contributed by atoms with E-state index in [9.17, 15) is 0 Å². The standard InChI is InChI=1S/C15H30O2Si/c1-12-7-5-9-14(11-12)18(16-3,17-4)15-10-6-8-13(15)2/h12-15H,5-11H2,1-4H3. The molecular weight excluding hydrogens is 240 g/mol. The van der Waals surface area contributed by atoms with Crippen LogP contribution in [0.4, 0.5) is 0 Å². The van der Waals surface area contributed by atoms with Gasteiger partial charge in [0, 0.05) is 25.3 Å². The lowest BCUT2D eigenvalue weighted by atomic mass is 9.90. The van der Waals surface area contributed by atoms with Crippen molar-refractivity contribution >= 4 is 8.56 Å². The van der Waals surface area contributed by atoms with E-state index in [4.69, 9.17) is 8.85 Å². The second-order valence-corrected chi connectivity index (χ2v) is 10.4. The predicted octanol–water partition coefficient (Wildman–Crippen LogP) is 4.49. The van der Waals surface area contributed by atoms with E-state index in [-0.39, 0.29) is 0 Å². The SMILES string of the molecule is CO[Si](OC)(C1CCCC(C)C1)C1CCCC1C. The molecule has 0 aromatic rings. The van der Waals surface area contributed by atoms with E-state index in [1.807, 2.05) is 14.2 Å². The molecule has 0 amide bonds. The van der Waals surface area contributed by atoms with E-state index in [2.05, 4.69) is 13.8 Å². The molecule has 4 atom stereocenters. The van der Waals surface area contributed by atoms with Crippen molar-refractivity contribution < 1.29 is 8.85 Å². The molecule has 0 spiro atoms. The topological polar surface area (TPSA) is 18.5 Å². The Balaban J connectivity index is 2.19. The van der Waals surface area contributed by atoms with Gasteiger partial charge in [-0.15, -0.1) is 0 Å². The minimum Gasteiger partial charge on any atom is -0.397 e. The molecule has 4 unspecified atom stereocenters. The van der Waals surface area contributed by atoms with E-state index in [1.165, 1.54) is 44.9 Å². The maximum atomic E-state index is 6.15. The van der Waals surface area contributed by atoms with Crippen molar-refractivity contribution in [3.05, 3.63) is 0 Å². The highest BCUT2D eigenvalue weighted by Crippen LogP contribution is 2.52. The largest absolute Gasteiger partial charge is 0.397 e. The Kier molecular flexibility index (Phi) is 4.90. The van der Waals surface area contributed by atoms with Crippen LogP contribution >= 0.6 is 0 Å². The van der Waals surface area contributed by atoms with Gasteiger partial charge in [0.2, 0.25) is 0 Å². The first-order chi connectivity index (χ1) is 8.64. The maximum absolute atomic E-state index is 6.15. The smallest absolute Gasteiger partial charge is 0.344 e. The van der Waals surface area contributed by atoms with Gasteiger partial charge in [-0.25, -0.2) is 0 Å². The molecule has 0 heterocycles. The summed E-state index contributed by atoms with van der Waals surface area (Å²) in [5, 5.41) is 0. The van der Waals surface area contributed by atoms with Crippen molar-refractivity contribution in [3.8, 4) is 0 Å². The molecular formula is C15H30O2Si. The molecule has 3 heteroatoms. The van der Waals surface area contributed by atoms with Gasteiger partial charge in [0.05, 0.1) is 0 Å². The van der Waals surface area contributed by atoms with E-state index in [0.717, 1.165) is 22.9 Å². The molecule has 106 valence electrons. The third-order valence-electron chi connectivity index (χ3n) is 5.52. The normalized spacial score (nSPS) is 38.0. The zero-order chi connectivity index (χ0) is 13.2. The molecule has 0 N–H and O–H groups in total. The van der Waals surface area contributed by atoms with Gasteiger partial charge in [-0.2, -0.15) is 0 Å². The fourth-order valence-corrected chi connectivity index (χ4v) is 9.51. The molecule has 0 aromatic heterocycles. The second-order valence-electron chi connectivity index (χ2n) is 6.61. The minimum absolute atomic E-state index is 0.724. The van der Waals surface area contributed by atoms with Gasteiger partial charge < -0.3 is 8.85 Å². The first kappa shape index (κ1) is 14.5. The lowest BCUT2D eigenvalue weighted by Crippen LogP contribution is -2.51. The van der Waals surface area contributed by atoms with Crippen molar-refractivity contribution in [2.45, 2.75) is 69.9 Å². The molecule has 0 aliphatic heterocycles. The first-order valence-corrected chi connectivity index (χ1v) is 9.71. The molecule has 18 heavy (non-hydrogen) atoms. The van der Waals surface area contributed by atoms with Crippen LogP contribution in [0.2, 0.25) is 11.1 Å². The molecule has 0 aromatic carbocycles. The van der Waals surface area contributed by atoms with Gasteiger partial charge >= 0.3 is 8.56 Å². The summed E-state index contributed by atoms with van der Waals surface area (Å²) in [5.41, 5.74) is 1.45. The van der Waals surface area contributed by atoms with E-state index >= 15 is 0 Å². The summed E-state index contributed by atoms with van der Waals surface area (Å²) in [4.78, 5) is 0. The summed E-state index contributed by atoms with van der Waals surface area (Å²) < 4.78 is 12.3. The Hall–Kier alpha value is 0.137. The average Bonchev–Trinajstić information content (AvgIpc) is 2.79. The number of rotatable bonds is 4. The van der Waals surface area contributed by atoms with Crippen LogP contribution in [0.3, 0.4) is 0 Å². The van der Waals surface area contributed by atoms with Crippen molar-refractivity contribution in [2.24, 2.45) is 11.8 Å². The van der Waals surface area contributed by atoms with Gasteiger partial charge in [-0.05, 0) is 31.1 Å². The van der Waals surface area contributed by atoms with Gasteiger partial charge in [0.15, 0.2) is 0 Å². The van der Waals surface area contributed by atoms with Gasteiger partial charge in [-0.3, -0.25) is 0 Å². The van der Waals surface area contributed by atoms with Crippen LogP contribution in [0, 0.1) is 11.8 Å². The fraction of sp³-hybridized carbons (Fsp3) is 1.00. The Labute approximate surface area is 114 Å². The highest BCUT2D eigenvalue weighted by atomic mass is 28.4. The summed E-state index contributed by atoms with van der Waals surface area (Å²) in [6.45, 7) is 4.80. The third-order valence-corrected chi connectivity index (χ3v) is 10.4. The van der Waals surface area contributed by atoms with Gasteiger partial charge in [0.25, 0.3) is 0 Å². The predicted molar refractivity (Wildman–Crippen MR) is 77.9 cm³/mol. The Bertz CT molecular complexity index is 265. The van der Waals surface area contributed by atoms with Crippen LogP contribution in [0.25, 0.3) is 0 Å². The first-order valence-electron chi connectivity index (χ1n) is 7.74. The lowest BCUT2D eigenvalue weighted by molar-refractivity contribution is 0.188. The zero-order valence-corrected chi connectivity index (χ0v) is 13.6. The molecule has 2 nitrogen and oxygen atoms in total. The monoisotopic (exact) mass is 270 g/mol. The quantitative estimate of drug-likeness (QED) is 0.701. The molecule has 2 saturated carbocycles. The molecule has 2 aliphatic carbocycles. The average molecular weight is 270 g/mol. The third kappa shape index (κ3) is 2.54. The van der Waals surface area contributed by atoms with Crippen LogP contribution < -0.4 is 0 Å². The molecule has 0 bridgehead atoms. The number of hydrogen-bond acceptors (Lipinski definition) is 2. The molecule has 0 saturated heterocycles. The molecule has 2 fully saturated rings. The van der Waals surface area contributed by atoms with E-state index < -0.39 is 8.56 Å². The molecule has 0 radical (unpaired) electrons. The van der Waals surface area contributed by atoms with Crippen LogP contribution in [0.15, 0.2) is 0 Å². The van der Waals surface area contributed by atoms with Gasteiger partial charge in [-0.1, -0.05) is 39.5 Å². The van der Waals surface area contributed by atoms with Crippen molar-refractivity contribution in [2.75, 3.05) is 14.2 Å². The van der Waals surface area contributed by atoms with Gasteiger partial charge in [0.1, 0.15) is 0 Å². The maximum Gasteiger partial charge on any atom is 0.344 e. The fourth-order valence-electron chi connectivity index (χ4n) is 4.56. The zero-order valence-electron chi connectivity index (χ0n) is 12.6. The van der Waals surface area contributed by atoms with Crippen LogP contribution in [0.5, 0.6) is 0 Å². The highest BCUT2D eigenvalue weighted by molar-refractivity contribution is 6.70. The van der Waals surface area contributed by atoms with Crippen LogP contribution in [-0.4, -0.2) is 22.8 Å². The summed E-state index contributed by atoms with van der Waals surface area (Å²) in [5.74, 6) is 1.66. The second kappa shape index (κ2) is 6.06. The van der Waals surface area contributed by atoms with Crippen molar-refractivity contribution in [1.82, 2.24) is 0 Å². The minimum atomic E-state index is -2.01. The van der Waals surface area contributed by atoms with Crippen LogP contribution in [-0.2, 0) is 8.85 Å². The van der Waals surface area contributed by atoms with Crippen molar-refractivity contribution in [1.29, 1.82) is 0 Å². The van der Waals surface area contributed by atoms with E-state index in [0.29, 0.717) is 0 Å². The summed E-state index contributed by atoms with van der Waals surface area (Å²) in [6.07, 6.45) is 9.51. The van der Waals surface area contributed by atoms with Crippen molar-refractivity contribution in [3.63, 3.8) is 0 Å².